The summed E-state index contributed by atoms with van der Waals surface area (Å²) >= 11 is 0. The molecule has 1 fully saturated rings. The molecule has 2 aromatic heterocycles. The number of ether oxygens (including phenoxy) is 2. The monoisotopic (exact) mass is 391 g/mol. The Morgan fingerprint density at radius 3 is 2.75 bits per heavy atom. The molecule has 0 spiro atoms. The van der Waals surface area contributed by atoms with E-state index in [9.17, 15) is 18.0 Å². The van der Waals surface area contributed by atoms with E-state index in [1.165, 1.54) is 0 Å². The first kappa shape index (κ1) is 18.4. The maximum atomic E-state index is 13.6. The molecule has 1 aliphatic rings. The summed E-state index contributed by atoms with van der Waals surface area (Å²) in [5.74, 6) is -0.781. The maximum absolute atomic E-state index is 13.6. The van der Waals surface area contributed by atoms with Gasteiger partial charge in [-0.15, -0.1) is 0 Å². The van der Waals surface area contributed by atoms with Gasteiger partial charge in [0.15, 0.2) is 11.3 Å². The predicted molar refractivity (Wildman–Crippen MR) is 92.7 cm³/mol. The van der Waals surface area contributed by atoms with Crippen molar-refractivity contribution in [1.29, 1.82) is 0 Å². The standard InChI is InChI=1S/C19H16F3N3O3/c20-19(21,22)16-9-15(12-5-2-1-3-6-12)24-17-14(10-23-25(16)17)18(26)28-11-13-7-4-8-27-13/h1-3,5-6,9-10,13H,4,7-8,11H2/t13-/m1/s1. The molecule has 0 aliphatic carbocycles. The van der Waals surface area contributed by atoms with Crippen LogP contribution in [0.5, 0.6) is 0 Å². The minimum Gasteiger partial charge on any atom is -0.459 e. The van der Waals surface area contributed by atoms with E-state index in [1.807, 2.05) is 0 Å². The lowest BCUT2D eigenvalue weighted by molar-refractivity contribution is -0.142. The lowest BCUT2D eigenvalue weighted by Crippen LogP contribution is -2.18. The average molecular weight is 391 g/mol. The van der Waals surface area contributed by atoms with E-state index >= 15 is 0 Å². The van der Waals surface area contributed by atoms with Gasteiger partial charge in [-0.1, -0.05) is 30.3 Å². The van der Waals surface area contributed by atoms with E-state index in [4.69, 9.17) is 9.47 Å². The van der Waals surface area contributed by atoms with Crippen LogP contribution in [0, 0.1) is 0 Å². The Morgan fingerprint density at radius 2 is 2.07 bits per heavy atom. The molecule has 9 heteroatoms. The summed E-state index contributed by atoms with van der Waals surface area (Å²) < 4.78 is 51.9. The van der Waals surface area contributed by atoms with Crippen molar-refractivity contribution < 1.29 is 27.4 Å². The van der Waals surface area contributed by atoms with Gasteiger partial charge in [-0.2, -0.15) is 18.3 Å². The number of carbonyl (C=O) groups excluding carboxylic acids is 1. The number of aromatic nitrogens is 3. The molecule has 0 saturated carbocycles. The molecular weight excluding hydrogens is 375 g/mol. The minimum atomic E-state index is -4.67. The molecule has 0 N–H and O–H groups in total. The zero-order chi connectivity index (χ0) is 19.7. The lowest BCUT2D eigenvalue weighted by atomic mass is 10.1. The molecule has 0 bridgehead atoms. The zero-order valence-electron chi connectivity index (χ0n) is 14.6. The van der Waals surface area contributed by atoms with Crippen LogP contribution in [0.1, 0.15) is 28.9 Å². The summed E-state index contributed by atoms with van der Waals surface area (Å²) in [7, 11) is 0. The van der Waals surface area contributed by atoms with E-state index in [2.05, 4.69) is 10.1 Å². The molecule has 1 saturated heterocycles. The summed E-state index contributed by atoms with van der Waals surface area (Å²) in [6, 6.07) is 9.34. The lowest BCUT2D eigenvalue weighted by Gasteiger charge is -2.12. The van der Waals surface area contributed by atoms with Crippen molar-refractivity contribution in [3.05, 3.63) is 53.9 Å². The van der Waals surface area contributed by atoms with E-state index in [-0.39, 0.29) is 29.6 Å². The number of hydrogen-bond acceptors (Lipinski definition) is 5. The highest BCUT2D eigenvalue weighted by molar-refractivity contribution is 5.96. The fourth-order valence-corrected chi connectivity index (χ4v) is 3.09. The molecule has 0 unspecified atom stereocenters. The van der Waals surface area contributed by atoms with Gasteiger partial charge in [0.2, 0.25) is 0 Å². The largest absolute Gasteiger partial charge is 0.459 e. The number of esters is 1. The number of rotatable bonds is 4. The van der Waals surface area contributed by atoms with Crippen LogP contribution in [-0.2, 0) is 15.7 Å². The van der Waals surface area contributed by atoms with Crippen LogP contribution in [0.25, 0.3) is 16.9 Å². The van der Waals surface area contributed by atoms with Crippen molar-refractivity contribution in [2.45, 2.75) is 25.1 Å². The van der Waals surface area contributed by atoms with Gasteiger partial charge in [-0.25, -0.2) is 14.3 Å². The second kappa shape index (κ2) is 7.23. The molecule has 28 heavy (non-hydrogen) atoms. The molecule has 1 aliphatic heterocycles. The quantitative estimate of drug-likeness (QED) is 0.634. The van der Waals surface area contributed by atoms with Gasteiger partial charge in [0.05, 0.1) is 18.0 Å². The topological polar surface area (TPSA) is 65.7 Å². The predicted octanol–water partition coefficient (Wildman–Crippen LogP) is 3.75. The highest BCUT2D eigenvalue weighted by Crippen LogP contribution is 2.32. The van der Waals surface area contributed by atoms with Gasteiger partial charge >= 0.3 is 12.1 Å². The van der Waals surface area contributed by atoms with Gasteiger partial charge < -0.3 is 9.47 Å². The Kier molecular flexibility index (Phi) is 4.76. The van der Waals surface area contributed by atoms with Crippen molar-refractivity contribution in [3.8, 4) is 11.3 Å². The van der Waals surface area contributed by atoms with Crippen LogP contribution < -0.4 is 0 Å². The Morgan fingerprint density at radius 1 is 1.29 bits per heavy atom. The molecular formula is C19H16F3N3O3. The molecule has 4 rings (SSSR count). The van der Waals surface area contributed by atoms with Crippen molar-refractivity contribution >= 4 is 11.6 Å². The normalized spacial score (nSPS) is 17.2. The third-order valence-corrected chi connectivity index (χ3v) is 4.48. The van der Waals surface area contributed by atoms with Crippen LogP contribution in [0.2, 0.25) is 0 Å². The number of hydrogen-bond donors (Lipinski definition) is 0. The first-order valence-electron chi connectivity index (χ1n) is 8.73. The van der Waals surface area contributed by atoms with Gasteiger partial charge in [0.25, 0.3) is 0 Å². The van der Waals surface area contributed by atoms with Crippen LogP contribution in [0.3, 0.4) is 0 Å². The van der Waals surface area contributed by atoms with E-state index < -0.39 is 17.8 Å². The number of benzene rings is 1. The molecule has 0 amide bonds. The van der Waals surface area contributed by atoms with E-state index in [0.29, 0.717) is 16.7 Å². The van der Waals surface area contributed by atoms with E-state index in [0.717, 1.165) is 25.1 Å². The Labute approximate surface area is 157 Å². The van der Waals surface area contributed by atoms with E-state index in [1.54, 1.807) is 30.3 Å². The fraction of sp³-hybridized carbons (Fsp3) is 0.316. The third kappa shape index (κ3) is 3.57. The highest BCUT2D eigenvalue weighted by atomic mass is 19.4. The second-order valence-corrected chi connectivity index (χ2v) is 6.42. The summed E-state index contributed by atoms with van der Waals surface area (Å²) in [4.78, 5) is 16.7. The summed E-state index contributed by atoms with van der Waals surface area (Å²) in [5.41, 5.74) is -0.758. The summed E-state index contributed by atoms with van der Waals surface area (Å²) in [6.07, 6.45) is -2.16. The van der Waals surface area contributed by atoms with Crippen molar-refractivity contribution in [2.75, 3.05) is 13.2 Å². The summed E-state index contributed by atoms with van der Waals surface area (Å²) in [5, 5.41) is 3.72. The van der Waals surface area contributed by atoms with Crippen molar-refractivity contribution in [3.63, 3.8) is 0 Å². The number of fused-ring (bicyclic) bond motifs is 1. The Bertz CT molecular complexity index is 996. The maximum Gasteiger partial charge on any atom is 0.433 e. The third-order valence-electron chi connectivity index (χ3n) is 4.48. The first-order valence-corrected chi connectivity index (χ1v) is 8.73. The van der Waals surface area contributed by atoms with Crippen molar-refractivity contribution in [1.82, 2.24) is 14.6 Å². The van der Waals surface area contributed by atoms with Gasteiger partial charge in [-0.3, -0.25) is 0 Å². The van der Waals surface area contributed by atoms with Crippen LogP contribution in [0.4, 0.5) is 13.2 Å². The summed E-state index contributed by atoms with van der Waals surface area (Å²) in [6.45, 7) is 0.649. The molecule has 1 atom stereocenters. The SMILES string of the molecule is O=C(OC[C@H]1CCCO1)c1cnn2c(C(F)(F)F)cc(-c3ccccc3)nc12. The average Bonchev–Trinajstić information content (AvgIpc) is 3.35. The van der Waals surface area contributed by atoms with Crippen LogP contribution >= 0.6 is 0 Å². The van der Waals surface area contributed by atoms with Gasteiger partial charge in [0.1, 0.15) is 12.2 Å². The number of nitrogens with zero attached hydrogens (tertiary/aromatic N) is 3. The first-order chi connectivity index (χ1) is 13.4. The molecule has 3 heterocycles. The minimum absolute atomic E-state index is 0.0423. The van der Waals surface area contributed by atoms with Crippen LogP contribution in [-0.4, -0.2) is 39.9 Å². The molecule has 0 radical (unpaired) electrons. The van der Waals surface area contributed by atoms with Crippen molar-refractivity contribution in [2.24, 2.45) is 0 Å². The fourth-order valence-electron chi connectivity index (χ4n) is 3.09. The molecule has 3 aromatic rings. The second-order valence-electron chi connectivity index (χ2n) is 6.42. The number of alkyl halides is 3. The number of carbonyl (C=O) groups is 1. The Hall–Kier alpha value is -2.94. The van der Waals surface area contributed by atoms with Crippen LogP contribution in [0.15, 0.2) is 42.6 Å². The zero-order valence-corrected chi connectivity index (χ0v) is 14.6. The molecule has 1 aromatic carbocycles. The molecule has 146 valence electrons. The molecule has 6 nitrogen and oxygen atoms in total. The Balaban J connectivity index is 1.74. The smallest absolute Gasteiger partial charge is 0.433 e. The van der Waals surface area contributed by atoms with Gasteiger partial charge in [0, 0.05) is 12.2 Å². The number of halogens is 3. The highest BCUT2D eigenvalue weighted by Gasteiger charge is 2.36. The van der Waals surface area contributed by atoms with Gasteiger partial charge in [-0.05, 0) is 18.9 Å².